The van der Waals surface area contributed by atoms with E-state index in [1.54, 1.807) is 0 Å². The molecule has 29 heavy (non-hydrogen) atoms. The van der Waals surface area contributed by atoms with Gasteiger partial charge in [-0.25, -0.2) is 0 Å². The van der Waals surface area contributed by atoms with Crippen LogP contribution in [0.2, 0.25) is 0 Å². The molecule has 1 aromatic carbocycles. The fourth-order valence-corrected chi connectivity index (χ4v) is 2.60. The third kappa shape index (κ3) is 4.56. The average molecular weight is 401 g/mol. The summed E-state index contributed by atoms with van der Waals surface area (Å²) in [4.78, 5) is 23.4. The van der Waals surface area contributed by atoms with E-state index in [9.17, 15) is 25.3 Å². The lowest BCUT2D eigenvalue weighted by Crippen LogP contribution is -2.22. The van der Waals surface area contributed by atoms with E-state index in [0.29, 0.717) is 13.0 Å². The van der Waals surface area contributed by atoms with E-state index in [1.165, 1.54) is 39.3 Å². The van der Waals surface area contributed by atoms with Crippen molar-refractivity contribution in [1.29, 1.82) is 5.26 Å². The van der Waals surface area contributed by atoms with Gasteiger partial charge in [-0.2, -0.15) is 5.26 Å². The molecule has 0 saturated heterocycles. The number of ether oxygens (including phenoxy) is 2. The summed E-state index contributed by atoms with van der Waals surface area (Å²) in [5, 5.41) is 38.6. The maximum absolute atomic E-state index is 12.8. The Morgan fingerprint density at radius 3 is 2.66 bits per heavy atom. The Hall–Kier alpha value is -3.78. The number of nitrogens with zero attached hydrogens (tertiary/aromatic N) is 5. The van der Waals surface area contributed by atoms with E-state index in [1.807, 2.05) is 6.07 Å². The molecule has 0 bridgehead atoms. The smallest absolute Gasteiger partial charge is 0.300 e. The highest BCUT2D eigenvalue weighted by molar-refractivity contribution is 5.61. The molecule has 2 rings (SSSR count). The number of nitro benzene ring substituents is 1. The van der Waals surface area contributed by atoms with E-state index < -0.39 is 16.4 Å². The van der Waals surface area contributed by atoms with Crippen molar-refractivity contribution in [3.8, 4) is 17.7 Å². The zero-order valence-electron chi connectivity index (χ0n) is 16.1. The third-order valence-corrected chi connectivity index (χ3v) is 4.14. The molecule has 152 valence electrons. The highest BCUT2D eigenvalue weighted by Crippen LogP contribution is 2.33. The molecular weight excluding hydrogens is 382 g/mol. The lowest BCUT2D eigenvalue weighted by atomic mass is 10.1. The Morgan fingerprint density at radius 1 is 1.34 bits per heavy atom. The number of pyridine rings is 1. The Morgan fingerprint density at radius 2 is 2.07 bits per heavy atom. The molecule has 1 aromatic heterocycles. The van der Waals surface area contributed by atoms with Gasteiger partial charge >= 0.3 is 0 Å². The summed E-state index contributed by atoms with van der Waals surface area (Å²) in [6.07, 6.45) is 0.415. The van der Waals surface area contributed by atoms with E-state index in [2.05, 4.69) is 10.2 Å². The standard InChI is InChI=1S/C18H19N5O6/c1-11-13(10-19)17(24)22(7-4-8-28-2)18(25)16(11)21-20-14-6-5-12(29-3)9-15(14)23(26)27/h5-6,9,24H,4,7-8H2,1-3H3. The van der Waals surface area contributed by atoms with Gasteiger partial charge in [0.25, 0.3) is 11.2 Å². The van der Waals surface area contributed by atoms with Crippen LogP contribution in [-0.4, -0.2) is 35.4 Å². The fraction of sp³-hybridized carbons (Fsp3) is 0.333. The summed E-state index contributed by atoms with van der Waals surface area (Å²) in [5.74, 6) is -0.204. The number of azo groups is 1. The van der Waals surface area contributed by atoms with Crippen LogP contribution in [-0.2, 0) is 11.3 Å². The summed E-state index contributed by atoms with van der Waals surface area (Å²) < 4.78 is 10.9. The van der Waals surface area contributed by atoms with Crippen molar-refractivity contribution in [2.75, 3.05) is 20.8 Å². The predicted molar refractivity (Wildman–Crippen MR) is 102 cm³/mol. The third-order valence-electron chi connectivity index (χ3n) is 4.14. The molecule has 11 nitrogen and oxygen atoms in total. The average Bonchev–Trinajstić information content (AvgIpc) is 2.70. The number of hydrogen-bond donors (Lipinski definition) is 1. The van der Waals surface area contributed by atoms with Crippen LogP contribution in [0.5, 0.6) is 11.6 Å². The molecule has 0 saturated carbocycles. The first-order valence-corrected chi connectivity index (χ1v) is 8.45. The van der Waals surface area contributed by atoms with Crippen LogP contribution in [0.25, 0.3) is 0 Å². The van der Waals surface area contributed by atoms with Crippen molar-refractivity contribution in [3.05, 3.63) is 49.8 Å². The van der Waals surface area contributed by atoms with Crippen molar-refractivity contribution in [3.63, 3.8) is 0 Å². The highest BCUT2D eigenvalue weighted by atomic mass is 16.6. The lowest BCUT2D eigenvalue weighted by Gasteiger charge is -2.12. The van der Waals surface area contributed by atoms with Crippen molar-refractivity contribution in [1.82, 2.24) is 4.57 Å². The van der Waals surface area contributed by atoms with Crippen molar-refractivity contribution >= 4 is 17.1 Å². The van der Waals surface area contributed by atoms with Gasteiger partial charge in [-0.05, 0) is 25.5 Å². The molecule has 0 radical (unpaired) electrons. The summed E-state index contributed by atoms with van der Waals surface area (Å²) in [5.41, 5.74) is -1.31. The molecule has 2 aromatic rings. The molecule has 1 N–H and O–H groups in total. The number of nitriles is 1. The summed E-state index contributed by atoms with van der Waals surface area (Å²) in [6.45, 7) is 1.88. The molecule has 11 heteroatoms. The second-order valence-electron chi connectivity index (χ2n) is 5.90. The number of aromatic hydroxyl groups is 1. The van der Waals surface area contributed by atoms with Crippen LogP contribution < -0.4 is 10.3 Å². The molecule has 0 aliphatic heterocycles. The van der Waals surface area contributed by atoms with Gasteiger partial charge in [0, 0.05) is 25.8 Å². The molecule has 0 aliphatic carbocycles. The Kier molecular flexibility index (Phi) is 6.99. The number of rotatable bonds is 8. The number of aromatic nitrogens is 1. The summed E-state index contributed by atoms with van der Waals surface area (Å²) in [6, 6.07) is 5.82. The van der Waals surface area contributed by atoms with E-state index >= 15 is 0 Å². The van der Waals surface area contributed by atoms with E-state index in [0.717, 1.165) is 4.57 Å². The van der Waals surface area contributed by atoms with E-state index in [4.69, 9.17) is 9.47 Å². The second kappa shape index (κ2) is 9.43. The van der Waals surface area contributed by atoms with Gasteiger partial charge in [0.2, 0.25) is 5.88 Å². The molecule has 0 fully saturated rings. The van der Waals surface area contributed by atoms with Gasteiger partial charge in [0.05, 0.1) is 18.1 Å². The molecule has 0 aliphatic rings. The predicted octanol–water partition coefficient (Wildman–Crippen LogP) is 3.10. The molecular formula is C18H19N5O6. The van der Waals surface area contributed by atoms with Crippen molar-refractivity contribution in [2.45, 2.75) is 19.9 Å². The molecule has 1 heterocycles. The van der Waals surface area contributed by atoms with Gasteiger partial charge in [-0.15, -0.1) is 10.2 Å². The lowest BCUT2D eigenvalue weighted by molar-refractivity contribution is -0.384. The molecule has 0 atom stereocenters. The zero-order chi connectivity index (χ0) is 21.6. The van der Waals surface area contributed by atoms with Gasteiger partial charge in [-0.1, -0.05) is 0 Å². The Labute approximate surface area is 165 Å². The summed E-state index contributed by atoms with van der Waals surface area (Å²) >= 11 is 0. The number of nitro groups is 1. The maximum Gasteiger partial charge on any atom is 0.300 e. The number of methoxy groups -OCH3 is 2. The quantitative estimate of drug-likeness (QED) is 0.309. The molecule has 0 spiro atoms. The molecule has 0 amide bonds. The topological polar surface area (TPSA) is 152 Å². The molecule has 0 unspecified atom stereocenters. The SMILES string of the molecule is COCCCn1c(O)c(C#N)c(C)c(N=Nc2ccc(OC)cc2[N+](=O)[O-])c1=O. The van der Waals surface area contributed by atoms with E-state index in [-0.39, 0.29) is 40.5 Å². The number of hydrogen-bond acceptors (Lipinski definition) is 9. The first-order chi connectivity index (χ1) is 13.8. The second-order valence-corrected chi connectivity index (χ2v) is 5.90. The van der Waals surface area contributed by atoms with Crippen LogP contribution in [0.3, 0.4) is 0 Å². The van der Waals surface area contributed by atoms with Crippen LogP contribution in [0.1, 0.15) is 17.5 Å². The number of benzene rings is 1. The normalized spacial score (nSPS) is 10.8. The largest absolute Gasteiger partial charge is 0.496 e. The van der Waals surface area contributed by atoms with Gasteiger partial charge in [-0.3, -0.25) is 19.5 Å². The first-order valence-electron chi connectivity index (χ1n) is 8.45. The Balaban J connectivity index is 2.58. The van der Waals surface area contributed by atoms with Crippen LogP contribution >= 0.6 is 0 Å². The maximum atomic E-state index is 12.8. The van der Waals surface area contributed by atoms with Crippen molar-refractivity contribution in [2.24, 2.45) is 10.2 Å². The van der Waals surface area contributed by atoms with Crippen LogP contribution in [0.4, 0.5) is 17.1 Å². The van der Waals surface area contributed by atoms with Gasteiger partial charge in [0.1, 0.15) is 17.4 Å². The van der Waals surface area contributed by atoms with Crippen LogP contribution in [0.15, 0.2) is 33.2 Å². The van der Waals surface area contributed by atoms with Gasteiger partial charge < -0.3 is 14.6 Å². The van der Waals surface area contributed by atoms with Crippen LogP contribution in [0, 0.1) is 28.4 Å². The minimum absolute atomic E-state index is 0.0906. The van der Waals surface area contributed by atoms with Gasteiger partial charge in [0.15, 0.2) is 11.4 Å². The summed E-state index contributed by atoms with van der Waals surface area (Å²) in [7, 11) is 2.87. The first kappa shape index (κ1) is 21.5. The Bertz CT molecular complexity index is 1050. The fourth-order valence-electron chi connectivity index (χ4n) is 2.60. The monoisotopic (exact) mass is 401 g/mol. The minimum atomic E-state index is -0.671. The zero-order valence-corrected chi connectivity index (χ0v) is 16.1. The highest BCUT2D eigenvalue weighted by Gasteiger charge is 2.20. The minimum Gasteiger partial charge on any atom is -0.496 e. The van der Waals surface area contributed by atoms with Crippen molar-refractivity contribution < 1.29 is 19.5 Å².